The predicted molar refractivity (Wildman–Crippen MR) is 50.2 cm³/mol. The molecular weight excluding hydrogens is 203 g/mol. The van der Waals surface area contributed by atoms with E-state index in [1.807, 2.05) is 6.07 Å². The van der Waals surface area contributed by atoms with Gasteiger partial charge in [0.1, 0.15) is 5.75 Å². The summed E-state index contributed by atoms with van der Waals surface area (Å²) in [4.78, 5) is 0. The van der Waals surface area contributed by atoms with E-state index in [9.17, 15) is 5.11 Å². The first-order chi connectivity index (χ1) is 5.26. The fraction of sp³-hybridized carbons (Fsp3) is 0.250. The van der Waals surface area contributed by atoms with Crippen LogP contribution in [-0.2, 0) is 11.7 Å². The van der Waals surface area contributed by atoms with Gasteiger partial charge in [0.25, 0.3) is 0 Å². The van der Waals surface area contributed by atoms with Gasteiger partial charge < -0.3 is 5.11 Å². The molecule has 0 fully saturated rings. The van der Waals surface area contributed by atoms with Crippen molar-refractivity contribution >= 4 is 23.8 Å². The van der Waals surface area contributed by atoms with Gasteiger partial charge in [0, 0.05) is 5.33 Å². The fourth-order valence-corrected chi connectivity index (χ4v) is 1.26. The lowest BCUT2D eigenvalue weighted by molar-refractivity contribution is 0.474. The standard InChI is InChI=1S/C8H8BBrO/c9-4-6-1-7(5-10)3-8(11)2-6/h1-3,11H,4-5H2. The Morgan fingerprint density at radius 2 is 1.91 bits per heavy atom. The zero-order valence-corrected chi connectivity index (χ0v) is 7.63. The summed E-state index contributed by atoms with van der Waals surface area (Å²) in [6.07, 6.45) is 0.467. The molecule has 3 heteroatoms. The highest BCUT2D eigenvalue weighted by molar-refractivity contribution is 9.08. The molecule has 0 unspecified atom stereocenters. The lowest BCUT2D eigenvalue weighted by atomic mass is 9.96. The van der Waals surface area contributed by atoms with Crippen LogP contribution >= 0.6 is 15.9 Å². The number of hydrogen-bond donors (Lipinski definition) is 1. The zero-order valence-electron chi connectivity index (χ0n) is 6.05. The van der Waals surface area contributed by atoms with E-state index in [0.717, 1.165) is 16.5 Å². The largest absolute Gasteiger partial charge is 0.508 e. The van der Waals surface area contributed by atoms with Crippen LogP contribution in [-0.4, -0.2) is 13.0 Å². The molecule has 0 spiro atoms. The summed E-state index contributed by atoms with van der Waals surface area (Å²) in [6.45, 7) is 0. The van der Waals surface area contributed by atoms with E-state index in [2.05, 4.69) is 15.9 Å². The van der Waals surface area contributed by atoms with Crippen LogP contribution in [0.2, 0.25) is 0 Å². The second-order valence-corrected chi connectivity index (χ2v) is 2.91. The molecule has 0 bridgehead atoms. The summed E-state index contributed by atoms with van der Waals surface area (Å²) >= 11 is 3.30. The average Bonchev–Trinajstić information content (AvgIpc) is 2.03. The quantitative estimate of drug-likeness (QED) is 0.585. The van der Waals surface area contributed by atoms with Crippen molar-refractivity contribution in [1.29, 1.82) is 0 Å². The van der Waals surface area contributed by atoms with E-state index in [1.165, 1.54) is 0 Å². The molecule has 0 saturated heterocycles. The Balaban J connectivity index is 3.02. The minimum Gasteiger partial charge on any atom is -0.508 e. The Labute approximate surface area is 76.0 Å². The Kier molecular flexibility index (Phi) is 3.00. The molecule has 2 radical (unpaired) electrons. The third-order valence-corrected chi connectivity index (χ3v) is 2.07. The van der Waals surface area contributed by atoms with Crippen LogP contribution in [0, 0.1) is 0 Å². The Morgan fingerprint density at radius 3 is 2.45 bits per heavy atom. The van der Waals surface area contributed by atoms with E-state index in [-0.39, 0.29) is 5.75 Å². The lowest BCUT2D eigenvalue weighted by Gasteiger charge is -2.01. The molecule has 11 heavy (non-hydrogen) atoms. The molecule has 0 saturated carbocycles. The summed E-state index contributed by atoms with van der Waals surface area (Å²) in [6, 6.07) is 5.36. The predicted octanol–water partition coefficient (Wildman–Crippen LogP) is 1.96. The topological polar surface area (TPSA) is 20.2 Å². The van der Waals surface area contributed by atoms with E-state index < -0.39 is 0 Å². The van der Waals surface area contributed by atoms with Crippen molar-refractivity contribution in [1.82, 2.24) is 0 Å². The number of phenols is 1. The Bertz CT molecular complexity index is 228. The van der Waals surface area contributed by atoms with Gasteiger partial charge in [0.2, 0.25) is 0 Å². The number of aromatic hydroxyl groups is 1. The van der Waals surface area contributed by atoms with Gasteiger partial charge in [0.15, 0.2) is 0 Å². The summed E-state index contributed by atoms with van der Waals surface area (Å²) in [5.74, 6) is 0.280. The minimum atomic E-state index is 0.280. The van der Waals surface area contributed by atoms with Crippen molar-refractivity contribution in [2.75, 3.05) is 0 Å². The third kappa shape index (κ3) is 2.26. The molecule has 0 heterocycles. The number of alkyl halides is 1. The van der Waals surface area contributed by atoms with Crippen molar-refractivity contribution < 1.29 is 5.11 Å². The van der Waals surface area contributed by atoms with Crippen LogP contribution < -0.4 is 0 Å². The Morgan fingerprint density at radius 1 is 1.27 bits per heavy atom. The third-order valence-electron chi connectivity index (χ3n) is 1.43. The molecule has 1 N–H and O–H groups in total. The lowest BCUT2D eigenvalue weighted by Crippen LogP contribution is -1.86. The van der Waals surface area contributed by atoms with Gasteiger partial charge in [-0.3, -0.25) is 0 Å². The van der Waals surface area contributed by atoms with Crippen molar-refractivity contribution in [3.8, 4) is 5.75 Å². The molecule has 56 valence electrons. The fourth-order valence-electron chi connectivity index (χ4n) is 0.938. The molecule has 1 aromatic carbocycles. The first-order valence-electron chi connectivity index (χ1n) is 3.34. The highest BCUT2D eigenvalue weighted by Gasteiger charge is 1.96. The monoisotopic (exact) mass is 210 g/mol. The molecule has 0 aliphatic heterocycles. The number of phenolic OH excluding ortho intramolecular Hbond substituents is 1. The second kappa shape index (κ2) is 3.81. The van der Waals surface area contributed by atoms with Gasteiger partial charge in [-0.2, -0.15) is 0 Å². The number of halogens is 1. The van der Waals surface area contributed by atoms with Crippen LogP contribution in [0.3, 0.4) is 0 Å². The molecule has 0 aliphatic carbocycles. The molecule has 0 aromatic heterocycles. The molecule has 0 atom stereocenters. The maximum atomic E-state index is 9.18. The van der Waals surface area contributed by atoms with Gasteiger partial charge in [-0.25, -0.2) is 0 Å². The van der Waals surface area contributed by atoms with Crippen molar-refractivity contribution in [3.05, 3.63) is 29.3 Å². The van der Waals surface area contributed by atoms with E-state index >= 15 is 0 Å². The molecule has 0 aliphatic rings. The summed E-state index contributed by atoms with van der Waals surface area (Å²) in [5, 5.41) is 9.92. The van der Waals surface area contributed by atoms with Crippen LogP contribution in [0.4, 0.5) is 0 Å². The minimum absolute atomic E-state index is 0.280. The summed E-state index contributed by atoms with van der Waals surface area (Å²) in [5.41, 5.74) is 2.00. The van der Waals surface area contributed by atoms with E-state index in [1.54, 1.807) is 12.1 Å². The van der Waals surface area contributed by atoms with Gasteiger partial charge in [-0.15, -0.1) is 0 Å². The first kappa shape index (κ1) is 8.66. The number of rotatable bonds is 2. The second-order valence-electron chi connectivity index (χ2n) is 2.35. The van der Waals surface area contributed by atoms with Gasteiger partial charge in [0.05, 0.1) is 7.85 Å². The average molecular weight is 211 g/mol. The maximum absolute atomic E-state index is 9.18. The maximum Gasteiger partial charge on any atom is 0.116 e. The number of benzene rings is 1. The molecular formula is C8H8BBrO. The zero-order chi connectivity index (χ0) is 8.27. The van der Waals surface area contributed by atoms with Gasteiger partial charge >= 0.3 is 0 Å². The van der Waals surface area contributed by atoms with Crippen LogP contribution in [0.5, 0.6) is 5.75 Å². The molecule has 1 nitrogen and oxygen atoms in total. The van der Waals surface area contributed by atoms with Crippen LogP contribution in [0.25, 0.3) is 0 Å². The van der Waals surface area contributed by atoms with E-state index in [0.29, 0.717) is 6.32 Å². The van der Waals surface area contributed by atoms with Gasteiger partial charge in [-0.05, 0) is 17.7 Å². The number of hydrogen-bond acceptors (Lipinski definition) is 1. The SMILES string of the molecule is [B]Cc1cc(O)cc(CBr)c1. The van der Waals surface area contributed by atoms with Crippen molar-refractivity contribution in [3.63, 3.8) is 0 Å². The summed E-state index contributed by atoms with van der Waals surface area (Å²) in [7, 11) is 5.42. The molecule has 1 rings (SSSR count). The van der Waals surface area contributed by atoms with Crippen LogP contribution in [0.15, 0.2) is 18.2 Å². The smallest absolute Gasteiger partial charge is 0.116 e. The highest BCUT2D eigenvalue weighted by Crippen LogP contribution is 2.17. The molecule has 1 aromatic rings. The van der Waals surface area contributed by atoms with Crippen molar-refractivity contribution in [2.24, 2.45) is 0 Å². The Hall–Kier alpha value is -0.435. The van der Waals surface area contributed by atoms with Crippen LogP contribution in [0.1, 0.15) is 11.1 Å². The summed E-state index contributed by atoms with van der Waals surface area (Å²) < 4.78 is 0. The molecule has 0 amide bonds. The van der Waals surface area contributed by atoms with Gasteiger partial charge in [-0.1, -0.05) is 33.9 Å². The highest BCUT2D eigenvalue weighted by atomic mass is 79.9. The first-order valence-corrected chi connectivity index (χ1v) is 4.46. The van der Waals surface area contributed by atoms with Crippen molar-refractivity contribution in [2.45, 2.75) is 11.7 Å². The normalized spacial score (nSPS) is 9.91. The van der Waals surface area contributed by atoms with E-state index in [4.69, 9.17) is 7.85 Å².